The fourth-order valence-corrected chi connectivity index (χ4v) is 11.3. The molecule has 5 atom stereocenters. The molecule has 0 bridgehead atoms. The van der Waals surface area contributed by atoms with E-state index >= 15 is 4.79 Å². The molecule has 3 aliphatic heterocycles. The Labute approximate surface area is 326 Å². The Kier molecular flexibility index (Phi) is 10.5. The molecule has 13 nitrogen and oxygen atoms in total. The molecular weight excluding hydrogens is 729 g/mol. The van der Waals surface area contributed by atoms with Crippen LogP contribution in [0.5, 0.6) is 0 Å². The highest BCUT2D eigenvalue weighted by molar-refractivity contribution is 6.71. The summed E-state index contributed by atoms with van der Waals surface area (Å²) in [6.45, 7) is 6.05. The Hall–Kier alpha value is -5.54. The number of anilines is 5. The molecule has 4 aromatic rings. The van der Waals surface area contributed by atoms with Crippen molar-refractivity contribution in [2.45, 2.75) is 69.1 Å². The Bertz CT molecular complexity index is 2140. The van der Waals surface area contributed by atoms with Gasteiger partial charge in [0.05, 0.1) is 37.4 Å². The van der Waals surface area contributed by atoms with Gasteiger partial charge < -0.3 is 46.5 Å². The fourth-order valence-electron chi connectivity index (χ4n) is 8.71. The number of rotatable bonds is 10. The lowest BCUT2D eigenvalue weighted by Crippen LogP contribution is -2.46. The van der Waals surface area contributed by atoms with Crippen LogP contribution < -0.4 is 27.0 Å². The minimum Gasteiger partial charge on any atom is -0.432 e. The zero-order chi connectivity index (χ0) is 39.9. The van der Waals surface area contributed by atoms with Crippen molar-refractivity contribution in [3.8, 4) is 0 Å². The van der Waals surface area contributed by atoms with E-state index in [0.29, 0.717) is 58.1 Å². The van der Waals surface area contributed by atoms with Crippen molar-refractivity contribution < 1.29 is 33.8 Å². The summed E-state index contributed by atoms with van der Waals surface area (Å²) in [5.74, 6) is -1.72. The second kappa shape index (κ2) is 15.2. The van der Waals surface area contributed by atoms with E-state index in [1.165, 1.54) is 0 Å². The van der Waals surface area contributed by atoms with Crippen molar-refractivity contribution >= 4 is 60.4 Å². The van der Waals surface area contributed by atoms with E-state index in [0.717, 1.165) is 12.0 Å². The van der Waals surface area contributed by atoms with Crippen LogP contribution in [0.25, 0.3) is 0 Å². The molecule has 56 heavy (non-hydrogen) atoms. The van der Waals surface area contributed by atoms with E-state index < -0.39 is 31.5 Å². The SMILES string of the molecule is C[C@H]1[C@H]([Si](C)(C)O)[C@@H](CC(=O)N2CCC[C@H]2CO)O[C@]12C(=O)N(Cc1ccc(NC(=O)c3ccc(N)cc3)cc1)c1ccc(NC(=O)c3ccc(N)cc3)cc12. The van der Waals surface area contributed by atoms with Gasteiger partial charge in [-0.1, -0.05) is 19.1 Å². The molecule has 2 saturated heterocycles. The van der Waals surface area contributed by atoms with Crippen molar-refractivity contribution in [1.82, 2.24) is 4.90 Å². The number of nitrogens with zero attached hydrogens (tertiary/aromatic N) is 2. The van der Waals surface area contributed by atoms with Crippen LogP contribution in [0, 0.1) is 5.92 Å². The molecule has 0 saturated carbocycles. The van der Waals surface area contributed by atoms with Gasteiger partial charge in [0.2, 0.25) is 5.91 Å². The first-order chi connectivity index (χ1) is 26.7. The summed E-state index contributed by atoms with van der Waals surface area (Å²) < 4.78 is 6.93. The Morgan fingerprint density at radius 3 is 2.02 bits per heavy atom. The molecule has 4 amide bonds. The van der Waals surface area contributed by atoms with Crippen molar-refractivity contribution in [2.75, 3.05) is 40.2 Å². The molecule has 8 N–H and O–H groups in total. The smallest absolute Gasteiger partial charge is 0.264 e. The van der Waals surface area contributed by atoms with E-state index in [4.69, 9.17) is 16.2 Å². The summed E-state index contributed by atoms with van der Waals surface area (Å²) in [6, 6.07) is 25.3. The molecule has 0 unspecified atom stereocenters. The molecule has 0 radical (unpaired) electrons. The molecule has 14 heteroatoms. The number of ether oxygens (including phenoxy) is 1. The summed E-state index contributed by atoms with van der Waals surface area (Å²) in [4.78, 5) is 70.1. The lowest BCUT2D eigenvalue weighted by atomic mass is 9.82. The van der Waals surface area contributed by atoms with Crippen molar-refractivity contribution in [1.29, 1.82) is 0 Å². The van der Waals surface area contributed by atoms with Crippen LogP contribution in [0.1, 0.15) is 58.0 Å². The molecule has 3 aliphatic rings. The second-order valence-corrected chi connectivity index (χ2v) is 19.6. The zero-order valence-corrected chi connectivity index (χ0v) is 32.7. The van der Waals surface area contributed by atoms with E-state index in [9.17, 15) is 24.3 Å². The van der Waals surface area contributed by atoms with Crippen molar-refractivity contribution in [2.24, 2.45) is 5.92 Å². The average Bonchev–Trinajstić information content (AvgIpc) is 3.83. The molecule has 0 aromatic heterocycles. The maximum Gasteiger partial charge on any atom is 0.264 e. The molecule has 292 valence electrons. The maximum atomic E-state index is 15.1. The quantitative estimate of drug-likeness (QED) is 0.0940. The monoisotopic (exact) mass is 776 g/mol. The number of carbonyl (C=O) groups excluding carboxylic acids is 4. The maximum absolute atomic E-state index is 15.1. The third kappa shape index (κ3) is 7.28. The van der Waals surface area contributed by atoms with Crippen LogP contribution in [-0.2, 0) is 26.5 Å². The summed E-state index contributed by atoms with van der Waals surface area (Å²) >= 11 is 0. The molecule has 2 fully saturated rings. The Balaban J connectivity index is 1.22. The van der Waals surface area contributed by atoms with Gasteiger partial charge in [-0.05, 0) is 110 Å². The topological polar surface area (TPSA) is 201 Å². The molecule has 1 spiro atoms. The zero-order valence-electron chi connectivity index (χ0n) is 31.7. The van der Waals surface area contributed by atoms with Gasteiger partial charge in [-0.15, -0.1) is 0 Å². The number of fused-ring (bicyclic) bond motifs is 2. The van der Waals surface area contributed by atoms with Gasteiger partial charge in [0.25, 0.3) is 17.7 Å². The Morgan fingerprint density at radius 2 is 1.45 bits per heavy atom. The van der Waals surface area contributed by atoms with Crippen LogP contribution in [0.2, 0.25) is 18.6 Å². The van der Waals surface area contributed by atoms with Gasteiger partial charge in [0.1, 0.15) is 0 Å². The predicted octanol–water partition coefficient (Wildman–Crippen LogP) is 5.07. The average molecular weight is 777 g/mol. The van der Waals surface area contributed by atoms with E-state index in [-0.39, 0.29) is 49.2 Å². The fraction of sp³-hybridized carbons (Fsp3) is 0.333. The highest BCUT2D eigenvalue weighted by Crippen LogP contribution is 2.60. The number of carbonyl (C=O) groups is 4. The summed E-state index contributed by atoms with van der Waals surface area (Å²) in [7, 11) is -3.09. The molecule has 0 aliphatic carbocycles. The number of benzene rings is 4. The van der Waals surface area contributed by atoms with Crippen LogP contribution in [0.15, 0.2) is 91.0 Å². The van der Waals surface area contributed by atoms with Crippen LogP contribution in [0.4, 0.5) is 28.4 Å². The van der Waals surface area contributed by atoms with Crippen molar-refractivity contribution in [3.63, 3.8) is 0 Å². The summed E-state index contributed by atoms with van der Waals surface area (Å²) in [5, 5.41) is 15.8. The van der Waals surface area contributed by atoms with Gasteiger partial charge in [0, 0.05) is 57.4 Å². The van der Waals surface area contributed by atoms with Gasteiger partial charge >= 0.3 is 0 Å². The number of nitrogens with two attached hydrogens (primary N) is 2. The number of aliphatic hydroxyl groups excluding tert-OH is 1. The largest absolute Gasteiger partial charge is 0.432 e. The molecule has 4 aromatic carbocycles. The number of nitrogens with one attached hydrogen (secondary N) is 2. The molecule has 3 heterocycles. The first-order valence-electron chi connectivity index (χ1n) is 18.9. The molecular formula is C42H48N6O7Si. The highest BCUT2D eigenvalue weighted by atomic mass is 28.4. The third-order valence-electron chi connectivity index (χ3n) is 11.4. The standard InChI is InChI=1S/C42H48N6O7Si/c1-25-38(56(2,3)54)36(22-37(50)47-20-4-5-33(47)24-49)55-42(25)34-21-32(46-40(52)28-10-14-30(44)15-11-28)18-19-35(34)48(41(42)53)23-26-6-16-31(17-7-26)45-39(51)27-8-12-29(43)13-9-27/h6-19,21,25,33,36,38,49,54H,4-5,20,22-24,43-44H2,1-3H3,(H,45,51)(H,46,52)/t25-,33-,36+,38-,42+/m0/s1. The van der Waals surface area contributed by atoms with E-state index in [1.54, 1.807) is 102 Å². The lowest BCUT2D eigenvalue weighted by molar-refractivity contribution is -0.150. The summed E-state index contributed by atoms with van der Waals surface area (Å²) in [6.07, 6.45) is 0.662. The van der Waals surface area contributed by atoms with E-state index in [1.807, 2.05) is 19.1 Å². The number of nitrogen functional groups attached to an aromatic ring is 2. The first-order valence-corrected chi connectivity index (χ1v) is 21.9. The first kappa shape index (κ1) is 38.7. The van der Waals surface area contributed by atoms with E-state index in [2.05, 4.69) is 10.6 Å². The second-order valence-electron chi connectivity index (χ2n) is 15.6. The minimum absolute atomic E-state index is 0.0516. The third-order valence-corrected chi connectivity index (χ3v) is 13.9. The number of hydrogen-bond donors (Lipinski definition) is 6. The summed E-state index contributed by atoms with van der Waals surface area (Å²) in [5.41, 5.74) is 14.4. The number of hydrogen-bond acceptors (Lipinski definition) is 9. The number of aliphatic hydroxyl groups is 1. The number of amides is 4. The highest BCUT2D eigenvalue weighted by Gasteiger charge is 2.66. The van der Waals surface area contributed by atoms with Crippen LogP contribution in [0.3, 0.4) is 0 Å². The number of likely N-dealkylation sites (tertiary alicyclic amines) is 1. The van der Waals surface area contributed by atoms with Gasteiger partial charge in [0.15, 0.2) is 13.9 Å². The van der Waals surface area contributed by atoms with Crippen LogP contribution >= 0.6 is 0 Å². The Morgan fingerprint density at radius 1 is 0.875 bits per heavy atom. The van der Waals surface area contributed by atoms with Gasteiger partial charge in [-0.3, -0.25) is 19.2 Å². The van der Waals surface area contributed by atoms with Crippen LogP contribution in [-0.4, -0.2) is 72.0 Å². The minimum atomic E-state index is -3.09. The van der Waals surface area contributed by atoms with Gasteiger partial charge in [-0.2, -0.15) is 0 Å². The van der Waals surface area contributed by atoms with Gasteiger partial charge in [-0.25, -0.2) is 0 Å². The lowest BCUT2D eigenvalue weighted by Gasteiger charge is -2.33. The normalized spacial score (nSPS) is 23.1. The predicted molar refractivity (Wildman–Crippen MR) is 217 cm³/mol. The molecule has 7 rings (SSSR count). The van der Waals surface area contributed by atoms with Crippen molar-refractivity contribution in [3.05, 3.63) is 113 Å².